The number of aromatic nitrogens is 8. The van der Waals surface area contributed by atoms with Gasteiger partial charge in [-0.25, -0.2) is 9.78 Å². The number of nitrogens with zero attached hydrogens (tertiary/aromatic N) is 8. The fourth-order valence-electron chi connectivity index (χ4n) is 4.55. The SMILES string of the molecule is CCCCc1nc2c(c(=O)n(CC)c(=O)n2C)n1Cc1ccc(-c2ccccc2-n2cnnn2)cc1. The van der Waals surface area contributed by atoms with Crippen LogP contribution in [0.2, 0.25) is 0 Å². The van der Waals surface area contributed by atoms with Gasteiger partial charge in [0.1, 0.15) is 12.2 Å². The Hall–Kier alpha value is -4.34. The van der Waals surface area contributed by atoms with Crippen LogP contribution in [-0.4, -0.2) is 38.9 Å². The van der Waals surface area contributed by atoms with E-state index in [9.17, 15) is 9.59 Å². The van der Waals surface area contributed by atoms with Gasteiger partial charge in [-0.2, -0.15) is 4.68 Å². The van der Waals surface area contributed by atoms with Crippen molar-refractivity contribution in [1.29, 1.82) is 0 Å². The lowest BCUT2D eigenvalue weighted by atomic mass is 10.0. The van der Waals surface area contributed by atoms with E-state index in [1.54, 1.807) is 25.0 Å². The summed E-state index contributed by atoms with van der Waals surface area (Å²) >= 11 is 0. The molecule has 0 fully saturated rings. The molecule has 184 valence electrons. The minimum absolute atomic E-state index is 0.294. The monoisotopic (exact) mass is 484 g/mol. The molecular formula is C26H28N8O2. The fourth-order valence-corrected chi connectivity index (χ4v) is 4.55. The number of imidazole rings is 1. The Balaban J connectivity index is 1.57. The summed E-state index contributed by atoms with van der Waals surface area (Å²) in [5.74, 6) is 0.820. The van der Waals surface area contributed by atoms with E-state index in [1.165, 1.54) is 9.13 Å². The molecule has 0 unspecified atom stereocenters. The molecule has 3 aromatic heterocycles. The van der Waals surface area contributed by atoms with Gasteiger partial charge in [0.15, 0.2) is 11.2 Å². The number of tetrazole rings is 1. The van der Waals surface area contributed by atoms with Gasteiger partial charge in [0.2, 0.25) is 0 Å². The van der Waals surface area contributed by atoms with Crippen molar-refractivity contribution in [3.8, 4) is 16.8 Å². The molecule has 0 saturated carbocycles. The summed E-state index contributed by atoms with van der Waals surface area (Å²) in [6.07, 6.45) is 4.27. The Morgan fingerprint density at radius 1 is 0.944 bits per heavy atom. The largest absolute Gasteiger partial charge is 0.332 e. The van der Waals surface area contributed by atoms with E-state index in [4.69, 9.17) is 4.98 Å². The molecule has 3 heterocycles. The number of aryl methyl sites for hydroxylation is 2. The Bertz CT molecular complexity index is 1630. The maximum atomic E-state index is 13.3. The highest BCUT2D eigenvalue weighted by atomic mass is 16.2. The van der Waals surface area contributed by atoms with Crippen molar-refractivity contribution in [2.75, 3.05) is 0 Å². The van der Waals surface area contributed by atoms with Crippen LogP contribution in [-0.2, 0) is 26.6 Å². The highest BCUT2D eigenvalue weighted by Gasteiger charge is 2.20. The van der Waals surface area contributed by atoms with E-state index in [2.05, 4.69) is 46.7 Å². The second-order valence-corrected chi connectivity index (χ2v) is 8.75. The van der Waals surface area contributed by atoms with E-state index >= 15 is 0 Å². The predicted octanol–water partition coefficient (Wildman–Crippen LogP) is 2.95. The summed E-state index contributed by atoms with van der Waals surface area (Å²) in [5.41, 5.74) is 4.23. The van der Waals surface area contributed by atoms with Crippen molar-refractivity contribution in [2.45, 2.75) is 46.2 Å². The van der Waals surface area contributed by atoms with Crippen LogP contribution in [0.4, 0.5) is 0 Å². The van der Waals surface area contributed by atoms with Gasteiger partial charge in [-0.3, -0.25) is 13.9 Å². The third kappa shape index (κ3) is 4.04. The Morgan fingerprint density at radius 3 is 2.42 bits per heavy atom. The molecule has 5 aromatic rings. The second-order valence-electron chi connectivity index (χ2n) is 8.75. The van der Waals surface area contributed by atoms with E-state index in [1.807, 2.05) is 28.8 Å². The maximum Gasteiger partial charge on any atom is 0.332 e. The van der Waals surface area contributed by atoms with Crippen LogP contribution >= 0.6 is 0 Å². The van der Waals surface area contributed by atoms with Crippen LogP contribution in [0.15, 0.2) is 64.4 Å². The molecule has 10 nitrogen and oxygen atoms in total. The van der Waals surface area contributed by atoms with Gasteiger partial charge in [-0.1, -0.05) is 55.8 Å². The lowest BCUT2D eigenvalue weighted by Gasteiger charge is -2.12. The van der Waals surface area contributed by atoms with Gasteiger partial charge < -0.3 is 4.57 Å². The number of benzene rings is 2. The standard InChI is InChI=1S/C26H28N8O2/c1-4-6-11-22-28-24-23(25(35)32(5-2)26(36)31(24)3)33(22)16-18-12-14-19(15-13-18)20-9-7-8-10-21(20)34-17-27-29-30-34/h7-10,12-15,17H,4-6,11,16H2,1-3H3. The zero-order valence-corrected chi connectivity index (χ0v) is 20.6. The molecule has 0 amide bonds. The highest BCUT2D eigenvalue weighted by Crippen LogP contribution is 2.27. The molecule has 0 N–H and O–H groups in total. The number of para-hydroxylation sites is 1. The first kappa shape index (κ1) is 23.4. The third-order valence-electron chi connectivity index (χ3n) is 6.49. The molecule has 5 rings (SSSR count). The van der Waals surface area contributed by atoms with Gasteiger partial charge in [0.25, 0.3) is 5.56 Å². The first-order chi connectivity index (χ1) is 17.5. The van der Waals surface area contributed by atoms with Crippen molar-refractivity contribution in [2.24, 2.45) is 7.05 Å². The fraction of sp³-hybridized carbons (Fsp3) is 0.308. The summed E-state index contributed by atoms with van der Waals surface area (Å²) in [4.78, 5) is 30.7. The molecule has 36 heavy (non-hydrogen) atoms. The first-order valence-corrected chi connectivity index (χ1v) is 12.1. The van der Waals surface area contributed by atoms with Gasteiger partial charge in [-0.15, -0.1) is 5.10 Å². The molecule has 10 heteroatoms. The summed E-state index contributed by atoms with van der Waals surface area (Å²) in [6.45, 7) is 4.73. The third-order valence-corrected chi connectivity index (χ3v) is 6.49. The number of fused-ring (bicyclic) bond motifs is 1. The molecule has 0 aliphatic heterocycles. The zero-order chi connectivity index (χ0) is 25.2. The molecule has 0 atom stereocenters. The normalized spacial score (nSPS) is 11.4. The van der Waals surface area contributed by atoms with Gasteiger partial charge in [0, 0.05) is 32.1 Å². The smallest absolute Gasteiger partial charge is 0.318 e. The van der Waals surface area contributed by atoms with Gasteiger partial charge in [0.05, 0.1) is 5.69 Å². The summed E-state index contributed by atoms with van der Waals surface area (Å²) in [6, 6.07) is 16.2. The highest BCUT2D eigenvalue weighted by molar-refractivity contribution is 5.73. The molecule has 0 spiro atoms. The molecule has 0 radical (unpaired) electrons. The molecule has 0 saturated heterocycles. The minimum Gasteiger partial charge on any atom is -0.318 e. The van der Waals surface area contributed by atoms with E-state index in [-0.39, 0.29) is 11.2 Å². The number of hydrogen-bond acceptors (Lipinski definition) is 6. The zero-order valence-electron chi connectivity index (χ0n) is 20.6. The maximum absolute atomic E-state index is 13.3. The molecule has 0 aliphatic carbocycles. The van der Waals surface area contributed by atoms with Crippen molar-refractivity contribution in [1.82, 2.24) is 38.9 Å². The van der Waals surface area contributed by atoms with E-state index in [0.717, 1.165) is 47.5 Å². The number of unbranched alkanes of at least 4 members (excludes halogenated alkanes) is 1. The molecule has 0 aliphatic rings. The van der Waals surface area contributed by atoms with Crippen LogP contribution in [0.5, 0.6) is 0 Å². The molecular weight excluding hydrogens is 456 g/mol. The van der Waals surface area contributed by atoms with Crippen LogP contribution < -0.4 is 11.2 Å². The van der Waals surface area contributed by atoms with Crippen LogP contribution in [0.1, 0.15) is 38.1 Å². The molecule has 2 aromatic carbocycles. The average molecular weight is 485 g/mol. The van der Waals surface area contributed by atoms with Crippen LogP contribution in [0.25, 0.3) is 28.0 Å². The van der Waals surface area contributed by atoms with E-state index in [0.29, 0.717) is 24.3 Å². The van der Waals surface area contributed by atoms with Crippen molar-refractivity contribution < 1.29 is 0 Å². The lowest BCUT2D eigenvalue weighted by Crippen LogP contribution is -2.39. The predicted molar refractivity (Wildman–Crippen MR) is 137 cm³/mol. The van der Waals surface area contributed by atoms with Crippen LogP contribution in [0.3, 0.4) is 0 Å². The lowest BCUT2D eigenvalue weighted by molar-refractivity contribution is 0.633. The summed E-state index contributed by atoms with van der Waals surface area (Å²) < 4.78 is 6.36. The Kier molecular flexibility index (Phi) is 6.32. The molecule has 0 bridgehead atoms. The number of rotatable bonds is 8. The van der Waals surface area contributed by atoms with Gasteiger partial charge >= 0.3 is 5.69 Å². The Morgan fingerprint density at radius 2 is 1.72 bits per heavy atom. The topological polar surface area (TPSA) is 105 Å². The van der Waals surface area contributed by atoms with Crippen molar-refractivity contribution in [3.05, 3.63) is 87.1 Å². The van der Waals surface area contributed by atoms with E-state index < -0.39 is 0 Å². The van der Waals surface area contributed by atoms with Crippen LogP contribution in [0, 0.1) is 0 Å². The number of hydrogen-bond donors (Lipinski definition) is 0. The minimum atomic E-state index is -0.340. The quantitative estimate of drug-likeness (QED) is 0.335. The first-order valence-electron chi connectivity index (χ1n) is 12.1. The summed E-state index contributed by atoms with van der Waals surface area (Å²) in [5, 5.41) is 11.5. The summed E-state index contributed by atoms with van der Waals surface area (Å²) in [7, 11) is 1.67. The van der Waals surface area contributed by atoms with Crippen molar-refractivity contribution in [3.63, 3.8) is 0 Å². The average Bonchev–Trinajstić information content (AvgIpc) is 3.56. The second kappa shape index (κ2) is 9.73. The van der Waals surface area contributed by atoms with Gasteiger partial charge in [-0.05, 0) is 41.0 Å². The van der Waals surface area contributed by atoms with Crippen molar-refractivity contribution >= 4 is 11.2 Å². The Labute approximate surface area is 207 Å².